The van der Waals surface area contributed by atoms with Crippen molar-refractivity contribution in [2.45, 2.75) is 13.0 Å². The van der Waals surface area contributed by atoms with Gasteiger partial charge >= 0.3 is 0 Å². The van der Waals surface area contributed by atoms with Crippen LogP contribution in [0.25, 0.3) is 11.0 Å². The van der Waals surface area contributed by atoms with Gasteiger partial charge in [-0.25, -0.2) is 0 Å². The van der Waals surface area contributed by atoms with Gasteiger partial charge in [-0.05, 0) is 13.0 Å². The predicted octanol–water partition coefficient (Wildman–Crippen LogP) is 2.18. The Balaban J connectivity index is 2.34. The number of furan rings is 1. The van der Waals surface area contributed by atoms with Gasteiger partial charge in [0.05, 0.1) is 11.6 Å². The lowest BCUT2D eigenvalue weighted by Crippen LogP contribution is -2.31. The van der Waals surface area contributed by atoms with E-state index < -0.39 is 0 Å². The van der Waals surface area contributed by atoms with E-state index in [4.69, 9.17) is 10.8 Å². The molecule has 0 saturated carbocycles. The lowest BCUT2D eigenvalue weighted by molar-refractivity contribution is 0.0949. The van der Waals surface area contributed by atoms with Crippen LogP contribution in [-0.2, 0) is 0 Å². The van der Waals surface area contributed by atoms with Crippen molar-refractivity contribution in [3.63, 3.8) is 0 Å². The molecule has 1 N–H and O–H groups in total. The summed E-state index contributed by atoms with van der Waals surface area (Å²) in [7, 11) is 0. The van der Waals surface area contributed by atoms with Crippen LogP contribution in [0.3, 0.4) is 0 Å². The van der Waals surface area contributed by atoms with E-state index in [0.717, 1.165) is 5.39 Å². The van der Waals surface area contributed by atoms with Crippen LogP contribution in [0, 0.1) is 12.3 Å². The number of fused-ring (bicyclic) bond motifs is 1. The molecular formula is C13H11NO2. The lowest BCUT2D eigenvalue weighted by atomic mass is 10.1. The number of hydrogen-bond acceptors (Lipinski definition) is 2. The topological polar surface area (TPSA) is 42.2 Å². The van der Waals surface area contributed by atoms with E-state index in [2.05, 4.69) is 11.2 Å². The molecule has 3 heteroatoms. The van der Waals surface area contributed by atoms with Gasteiger partial charge in [-0.15, -0.1) is 6.42 Å². The van der Waals surface area contributed by atoms with E-state index in [9.17, 15) is 4.79 Å². The normalized spacial score (nSPS) is 12.0. The molecule has 1 aromatic heterocycles. The second-order valence-corrected chi connectivity index (χ2v) is 3.51. The molecule has 1 atom stereocenters. The summed E-state index contributed by atoms with van der Waals surface area (Å²) in [5.74, 6) is 2.23. The molecule has 0 saturated heterocycles. The minimum absolute atomic E-state index is 0.213. The molecule has 3 nitrogen and oxygen atoms in total. The number of carbonyl (C=O) groups is 1. The molecule has 0 bridgehead atoms. The maximum Gasteiger partial charge on any atom is 0.256 e. The third kappa shape index (κ3) is 1.78. The molecule has 1 aromatic carbocycles. The van der Waals surface area contributed by atoms with E-state index in [1.54, 1.807) is 6.92 Å². The molecular weight excluding hydrogens is 202 g/mol. The molecule has 2 rings (SSSR count). The number of benzene rings is 1. The fraction of sp³-hybridized carbons (Fsp3) is 0.154. The SMILES string of the molecule is C#CC(C)NC(=O)c1coc2ccccc12. The highest BCUT2D eigenvalue weighted by Gasteiger charge is 2.14. The van der Waals surface area contributed by atoms with Crippen LogP contribution in [0.1, 0.15) is 17.3 Å². The van der Waals surface area contributed by atoms with Crippen molar-refractivity contribution in [1.82, 2.24) is 5.32 Å². The first kappa shape index (κ1) is 10.3. The van der Waals surface area contributed by atoms with E-state index in [1.807, 2.05) is 24.3 Å². The van der Waals surface area contributed by atoms with Crippen LogP contribution in [-0.4, -0.2) is 11.9 Å². The van der Waals surface area contributed by atoms with E-state index >= 15 is 0 Å². The highest BCUT2D eigenvalue weighted by atomic mass is 16.3. The number of terminal acetylenes is 1. The standard InChI is InChI=1S/C13H11NO2/c1-3-9(2)14-13(15)11-8-16-12-7-5-4-6-10(11)12/h1,4-9H,2H3,(H,14,15). The first-order valence-corrected chi connectivity index (χ1v) is 4.95. The van der Waals surface area contributed by atoms with Gasteiger partial charge in [-0.2, -0.15) is 0 Å². The Morgan fingerprint density at radius 1 is 1.50 bits per heavy atom. The summed E-state index contributed by atoms with van der Waals surface area (Å²) in [5, 5.41) is 3.48. The van der Waals surface area contributed by atoms with E-state index in [1.165, 1.54) is 6.26 Å². The van der Waals surface area contributed by atoms with Gasteiger partial charge in [-0.1, -0.05) is 24.1 Å². The van der Waals surface area contributed by atoms with Crippen LogP contribution >= 0.6 is 0 Å². The molecule has 16 heavy (non-hydrogen) atoms. The average molecular weight is 213 g/mol. The summed E-state index contributed by atoms with van der Waals surface area (Å²) in [5.41, 5.74) is 1.21. The highest BCUT2D eigenvalue weighted by Crippen LogP contribution is 2.20. The number of carbonyl (C=O) groups excluding carboxylic acids is 1. The monoisotopic (exact) mass is 213 g/mol. The molecule has 2 aromatic rings. The molecule has 0 spiro atoms. The maximum absolute atomic E-state index is 11.8. The van der Waals surface area contributed by atoms with Gasteiger partial charge in [0.2, 0.25) is 0 Å². The molecule has 1 heterocycles. The van der Waals surface area contributed by atoms with Crippen molar-refractivity contribution in [2.75, 3.05) is 0 Å². The third-order valence-corrected chi connectivity index (χ3v) is 2.32. The van der Waals surface area contributed by atoms with Gasteiger partial charge in [0.15, 0.2) is 0 Å². The summed E-state index contributed by atoms with van der Waals surface area (Å²) in [6, 6.07) is 7.09. The predicted molar refractivity (Wildman–Crippen MR) is 62.0 cm³/mol. The zero-order chi connectivity index (χ0) is 11.5. The van der Waals surface area contributed by atoms with Gasteiger partial charge in [0.25, 0.3) is 5.91 Å². The van der Waals surface area contributed by atoms with Crippen molar-refractivity contribution in [3.8, 4) is 12.3 Å². The van der Waals surface area contributed by atoms with Gasteiger partial charge in [0, 0.05) is 5.39 Å². The van der Waals surface area contributed by atoms with Crippen LogP contribution in [0.15, 0.2) is 34.9 Å². The Morgan fingerprint density at radius 2 is 2.25 bits per heavy atom. The summed E-state index contributed by atoms with van der Waals surface area (Å²) in [4.78, 5) is 11.8. The second-order valence-electron chi connectivity index (χ2n) is 3.51. The Hall–Kier alpha value is -2.21. The number of nitrogens with one attached hydrogen (secondary N) is 1. The zero-order valence-electron chi connectivity index (χ0n) is 8.86. The number of rotatable bonds is 2. The summed E-state index contributed by atoms with van der Waals surface area (Å²) >= 11 is 0. The van der Waals surface area contributed by atoms with Crippen molar-refractivity contribution in [1.29, 1.82) is 0 Å². The minimum Gasteiger partial charge on any atom is -0.463 e. The second kappa shape index (κ2) is 4.11. The first-order chi connectivity index (χ1) is 7.72. The Morgan fingerprint density at radius 3 is 3.00 bits per heavy atom. The molecule has 1 unspecified atom stereocenters. The van der Waals surface area contributed by atoms with Crippen molar-refractivity contribution in [2.24, 2.45) is 0 Å². The van der Waals surface area contributed by atoms with E-state index in [-0.39, 0.29) is 11.9 Å². The maximum atomic E-state index is 11.8. The van der Waals surface area contributed by atoms with Gasteiger partial charge in [-0.3, -0.25) is 4.79 Å². The highest BCUT2D eigenvalue weighted by molar-refractivity contribution is 6.06. The summed E-state index contributed by atoms with van der Waals surface area (Å²) in [6.45, 7) is 1.75. The van der Waals surface area contributed by atoms with Crippen LogP contribution in [0.4, 0.5) is 0 Å². The molecule has 1 amide bonds. The lowest BCUT2D eigenvalue weighted by Gasteiger charge is -2.05. The number of para-hydroxylation sites is 1. The Kier molecular flexibility index (Phi) is 2.65. The largest absolute Gasteiger partial charge is 0.463 e. The molecule has 80 valence electrons. The van der Waals surface area contributed by atoms with Gasteiger partial charge < -0.3 is 9.73 Å². The Labute approximate surface area is 93.4 Å². The molecule has 0 aliphatic carbocycles. The third-order valence-electron chi connectivity index (χ3n) is 2.32. The number of hydrogen-bond donors (Lipinski definition) is 1. The molecule has 0 aliphatic rings. The van der Waals surface area contributed by atoms with E-state index in [0.29, 0.717) is 11.1 Å². The molecule has 0 radical (unpaired) electrons. The minimum atomic E-state index is -0.291. The van der Waals surface area contributed by atoms with Crippen LogP contribution in [0.2, 0.25) is 0 Å². The quantitative estimate of drug-likeness (QED) is 0.777. The van der Waals surface area contributed by atoms with Gasteiger partial charge in [0.1, 0.15) is 11.8 Å². The first-order valence-electron chi connectivity index (χ1n) is 4.95. The Bertz CT molecular complexity index is 563. The fourth-order valence-corrected chi connectivity index (χ4v) is 1.47. The van der Waals surface area contributed by atoms with Crippen molar-refractivity contribution >= 4 is 16.9 Å². The van der Waals surface area contributed by atoms with Crippen LogP contribution in [0.5, 0.6) is 0 Å². The zero-order valence-corrected chi connectivity index (χ0v) is 8.86. The molecule has 0 aliphatic heterocycles. The van der Waals surface area contributed by atoms with Crippen LogP contribution < -0.4 is 5.32 Å². The smallest absolute Gasteiger partial charge is 0.256 e. The average Bonchev–Trinajstić information content (AvgIpc) is 2.72. The van der Waals surface area contributed by atoms with Crippen molar-refractivity contribution < 1.29 is 9.21 Å². The summed E-state index contributed by atoms with van der Waals surface area (Å²) in [6.07, 6.45) is 6.65. The molecule has 0 fully saturated rings. The fourth-order valence-electron chi connectivity index (χ4n) is 1.47. The van der Waals surface area contributed by atoms with Crippen molar-refractivity contribution in [3.05, 3.63) is 36.1 Å². The number of amides is 1. The summed E-state index contributed by atoms with van der Waals surface area (Å²) < 4.78 is 5.27.